The molecule has 120 valence electrons. The lowest BCUT2D eigenvalue weighted by Crippen LogP contribution is -2.78. The summed E-state index contributed by atoms with van der Waals surface area (Å²) >= 11 is 1.85. The number of amides is 1. The number of fused-ring (bicyclic) bond motifs is 1. The summed E-state index contributed by atoms with van der Waals surface area (Å²) in [6.07, 6.45) is 3.19. The van der Waals surface area contributed by atoms with Crippen molar-refractivity contribution in [2.75, 3.05) is 24.2 Å². The third-order valence-corrected chi connectivity index (χ3v) is 7.13. The van der Waals surface area contributed by atoms with E-state index in [0.29, 0.717) is 0 Å². The highest BCUT2D eigenvalue weighted by Gasteiger charge is 2.63. The van der Waals surface area contributed by atoms with Crippen LogP contribution in [-0.4, -0.2) is 62.0 Å². The van der Waals surface area contributed by atoms with Gasteiger partial charge in [-0.1, -0.05) is 35.7 Å². The molecule has 2 N–H and O–H groups in total. The Morgan fingerprint density at radius 3 is 2.90 bits per heavy atom. The Bertz CT molecular complexity index is 425. The fraction of sp³-hybridized carbons (Fsp3) is 0.846. The van der Waals surface area contributed by atoms with Crippen LogP contribution in [0.25, 0.3) is 0 Å². The molecule has 0 aromatic carbocycles. The molecule has 6 nitrogen and oxygen atoms in total. The van der Waals surface area contributed by atoms with Crippen LogP contribution in [0, 0.1) is 5.41 Å². The number of hydrogen-bond acceptors (Lipinski definition) is 4. The first-order valence-corrected chi connectivity index (χ1v) is 9.67. The average Bonchev–Trinajstić information content (AvgIpc) is 2.46. The number of nitrogens with one attached hydrogen (secondary N) is 1. The van der Waals surface area contributed by atoms with Gasteiger partial charge in [0, 0.05) is 11.9 Å². The van der Waals surface area contributed by atoms with Crippen molar-refractivity contribution in [2.24, 2.45) is 5.41 Å². The molecule has 1 amide bonds. The van der Waals surface area contributed by atoms with E-state index in [1.165, 1.54) is 4.90 Å². The minimum atomic E-state index is -1.34. The second-order valence-electron chi connectivity index (χ2n) is 5.74. The lowest BCUT2D eigenvalue weighted by atomic mass is 9.89. The zero-order chi connectivity index (χ0) is 15.6. The molecule has 2 saturated heterocycles. The van der Waals surface area contributed by atoms with Gasteiger partial charge in [-0.2, -0.15) is 0 Å². The molecule has 3 unspecified atom stereocenters. The van der Waals surface area contributed by atoms with Crippen LogP contribution >= 0.6 is 15.9 Å². The van der Waals surface area contributed by atoms with E-state index in [2.05, 4.69) is 28.2 Å². The number of hydrogen-bond donors (Lipinski definition) is 2. The SMILES string of the molecule is CCCCCNC1C(=O)N2CC(CBr)(C(=O)O)C[S+]([O-])[C@H]12. The van der Waals surface area contributed by atoms with Gasteiger partial charge in [-0.05, 0) is 24.1 Å². The maximum atomic E-state index is 12.4. The minimum absolute atomic E-state index is 0.0924. The number of carbonyl (C=O) groups excluding carboxylic acids is 1. The van der Waals surface area contributed by atoms with E-state index in [-0.39, 0.29) is 28.9 Å². The van der Waals surface area contributed by atoms with Gasteiger partial charge in [-0.3, -0.25) is 19.8 Å². The molecule has 0 spiro atoms. The van der Waals surface area contributed by atoms with Gasteiger partial charge in [-0.25, -0.2) is 0 Å². The van der Waals surface area contributed by atoms with Crippen molar-refractivity contribution in [3.05, 3.63) is 0 Å². The molecule has 2 aliphatic rings. The fourth-order valence-electron chi connectivity index (χ4n) is 2.80. The first-order valence-electron chi connectivity index (χ1n) is 7.17. The number of nitrogens with zero attached hydrogens (tertiary/aromatic N) is 1. The van der Waals surface area contributed by atoms with Crippen molar-refractivity contribution in [3.8, 4) is 0 Å². The summed E-state index contributed by atoms with van der Waals surface area (Å²) < 4.78 is 12.4. The molecule has 0 saturated carbocycles. The van der Waals surface area contributed by atoms with Crippen molar-refractivity contribution >= 4 is 39.0 Å². The standard InChI is InChI=1S/C13H21BrN2O4S/c1-2-3-4-5-15-9-10(17)16-7-13(6-14,12(18)19)8-21(20)11(9)16/h9,11,15H,2-8H2,1H3,(H,18,19)/t9?,11-,13?,21?/m1/s1. The summed E-state index contributed by atoms with van der Waals surface area (Å²) in [4.78, 5) is 25.1. The predicted molar refractivity (Wildman–Crippen MR) is 83.7 cm³/mol. The molecular weight excluding hydrogens is 360 g/mol. The molecule has 2 fully saturated rings. The van der Waals surface area contributed by atoms with Crippen LogP contribution in [0.3, 0.4) is 0 Å². The summed E-state index contributed by atoms with van der Waals surface area (Å²) in [5.74, 6) is -1.04. The number of halogens is 1. The Labute approximate surface area is 135 Å². The molecule has 4 atom stereocenters. The third kappa shape index (κ3) is 3.09. The number of carboxylic acid groups (broad SMARTS) is 1. The molecule has 2 heterocycles. The Morgan fingerprint density at radius 2 is 2.33 bits per heavy atom. The summed E-state index contributed by atoms with van der Waals surface area (Å²) in [7, 11) is 0. The maximum Gasteiger partial charge on any atom is 0.317 e. The van der Waals surface area contributed by atoms with Crippen LogP contribution in [0.4, 0.5) is 0 Å². The van der Waals surface area contributed by atoms with E-state index in [1.54, 1.807) is 0 Å². The van der Waals surface area contributed by atoms with E-state index in [1.807, 2.05) is 0 Å². The number of rotatable bonds is 7. The molecule has 2 rings (SSSR count). The van der Waals surface area contributed by atoms with Gasteiger partial charge in [0.2, 0.25) is 5.37 Å². The van der Waals surface area contributed by atoms with Crippen molar-refractivity contribution in [2.45, 2.75) is 37.6 Å². The second-order valence-corrected chi connectivity index (χ2v) is 7.83. The van der Waals surface area contributed by atoms with Crippen molar-refractivity contribution < 1.29 is 19.2 Å². The topological polar surface area (TPSA) is 92.7 Å². The predicted octanol–water partition coefficient (Wildman–Crippen LogP) is 0.531. The number of carbonyl (C=O) groups is 2. The molecular formula is C13H21BrN2O4S. The van der Waals surface area contributed by atoms with E-state index in [4.69, 9.17) is 0 Å². The number of alkyl halides is 1. The van der Waals surface area contributed by atoms with Gasteiger partial charge < -0.3 is 9.66 Å². The van der Waals surface area contributed by atoms with E-state index >= 15 is 0 Å². The smallest absolute Gasteiger partial charge is 0.317 e. The number of β-lactam (4-membered cyclic amide) rings is 1. The van der Waals surface area contributed by atoms with Gasteiger partial charge >= 0.3 is 5.97 Å². The highest BCUT2D eigenvalue weighted by atomic mass is 79.9. The van der Waals surface area contributed by atoms with Crippen LogP contribution in [0.2, 0.25) is 0 Å². The minimum Gasteiger partial charge on any atom is -0.615 e. The molecule has 0 aliphatic carbocycles. The van der Waals surface area contributed by atoms with Crippen LogP contribution in [-0.2, 0) is 20.8 Å². The third-order valence-electron chi connectivity index (χ3n) is 4.16. The quantitative estimate of drug-likeness (QED) is 0.291. The Balaban J connectivity index is 1.98. The number of carboxylic acids is 1. The molecule has 8 heteroatoms. The first kappa shape index (κ1) is 17.1. The van der Waals surface area contributed by atoms with Crippen molar-refractivity contribution in [1.29, 1.82) is 0 Å². The lowest BCUT2D eigenvalue weighted by molar-refractivity contribution is -0.157. The zero-order valence-corrected chi connectivity index (χ0v) is 14.4. The van der Waals surface area contributed by atoms with Gasteiger partial charge in [0.25, 0.3) is 5.91 Å². The molecule has 21 heavy (non-hydrogen) atoms. The summed E-state index contributed by atoms with van der Waals surface area (Å²) in [6, 6.07) is -0.412. The van der Waals surface area contributed by atoms with Gasteiger partial charge in [0.05, 0.1) is 0 Å². The summed E-state index contributed by atoms with van der Waals surface area (Å²) in [6.45, 7) is 2.97. The van der Waals surface area contributed by atoms with E-state index in [0.717, 1.165) is 25.8 Å². The Hall–Kier alpha value is -0.310. The van der Waals surface area contributed by atoms with E-state index in [9.17, 15) is 19.2 Å². The van der Waals surface area contributed by atoms with Gasteiger partial charge in [0.15, 0.2) is 6.04 Å². The molecule has 0 aromatic rings. The van der Waals surface area contributed by atoms with Crippen molar-refractivity contribution in [1.82, 2.24) is 10.2 Å². The Kier molecular flexibility index (Phi) is 5.56. The summed E-state index contributed by atoms with van der Waals surface area (Å²) in [5, 5.41) is 12.4. The van der Waals surface area contributed by atoms with Crippen LogP contribution in [0.1, 0.15) is 26.2 Å². The fourth-order valence-corrected chi connectivity index (χ4v) is 5.69. The zero-order valence-electron chi connectivity index (χ0n) is 12.0. The Morgan fingerprint density at radius 1 is 1.62 bits per heavy atom. The molecule has 2 aliphatic heterocycles. The van der Waals surface area contributed by atoms with Gasteiger partial charge in [-0.15, -0.1) is 0 Å². The molecule has 0 bridgehead atoms. The molecule has 0 aromatic heterocycles. The van der Waals surface area contributed by atoms with Crippen LogP contribution < -0.4 is 5.32 Å². The molecule has 0 radical (unpaired) electrons. The number of unbranched alkanes of at least 4 members (excludes halogenated alkanes) is 2. The van der Waals surface area contributed by atoms with E-state index < -0.39 is 28.6 Å². The maximum absolute atomic E-state index is 12.4. The average molecular weight is 381 g/mol. The van der Waals surface area contributed by atoms with Gasteiger partial charge in [0.1, 0.15) is 11.2 Å². The lowest BCUT2D eigenvalue weighted by Gasteiger charge is -2.53. The monoisotopic (exact) mass is 380 g/mol. The summed E-state index contributed by atoms with van der Waals surface area (Å²) in [5.41, 5.74) is -1.13. The second kappa shape index (κ2) is 6.85. The van der Waals surface area contributed by atoms with Crippen molar-refractivity contribution in [3.63, 3.8) is 0 Å². The largest absolute Gasteiger partial charge is 0.615 e. The number of aliphatic carboxylic acids is 1. The normalized spacial score (nSPS) is 35.3. The highest BCUT2D eigenvalue weighted by Crippen LogP contribution is 2.39. The highest BCUT2D eigenvalue weighted by molar-refractivity contribution is 9.09. The first-order chi connectivity index (χ1) is 9.96. The van der Waals surface area contributed by atoms with Crippen LogP contribution in [0.15, 0.2) is 0 Å². The van der Waals surface area contributed by atoms with Crippen LogP contribution in [0.5, 0.6) is 0 Å².